The van der Waals surface area contributed by atoms with Crippen molar-refractivity contribution in [2.75, 3.05) is 5.32 Å². The number of rotatable bonds is 4. The molecule has 21 heavy (non-hydrogen) atoms. The predicted octanol–water partition coefficient (Wildman–Crippen LogP) is 2.72. The topological polar surface area (TPSA) is 63.0 Å². The number of aromatic hydroxyl groups is 1. The molecular formula is C15H13FN4O. The van der Waals surface area contributed by atoms with Crippen molar-refractivity contribution in [3.8, 4) is 11.6 Å². The average molecular weight is 284 g/mol. The van der Waals surface area contributed by atoms with Crippen LogP contribution in [0, 0.1) is 5.82 Å². The van der Waals surface area contributed by atoms with Gasteiger partial charge in [0.1, 0.15) is 0 Å². The molecule has 0 fully saturated rings. The minimum Gasteiger partial charge on any atom is -0.505 e. The van der Waals surface area contributed by atoms with E-state index in [1.54, 1.807) is 23.1 Å². The first kappa shape index (κ1) is 13.1. The smallest absolute Gasteiger partial charge is 0.165 e. The highest BCUT2D eigenvalue weighted by molar-refractivity contribution is 5.44. The van der Waals surface area contributed by atoms with Crippen molar-refractivity contribution in [2.45, 2.75) is 6.54 Å². The summed E-state index contributed by atoms with van der Waals surface area (Å²) >= 11 is 0. The van der Waals surface area contributed by atoms with Gasteiger partial charge in [0.2, 0.25) is 0 Å². The zero-order chi connectivity index (χ0) is 14.7. The Hall–Kier alpha value is -2.89. The van der Waals surface area contributed by atoms with Crippen LogP contribution in [-0.2, 0) is 6.54 Å². The molecule has 0 saturated carbocycles. The van der Waals surface area contributed by atoms with Gasteiger partial charge in [0.25, 0.3) is 0 Å². The Morgan fingerprint density at radius 3 is 2.81 bits per heavy atom. The standard InChI is InChI=1S/C15H13FN4O/c16-13-8-11(2-4-14(13)21)9-17-12-3-5-15(18-10-12)20-7-1-6-19-20/h1-8,10,17,21H,9H2. The van der Waals surface area contributed by atoms with Crippen molar-refractivity contribution >= 4 is 5.69 Å². The molecule has 0 aliphatic rings. The number of halogens is 1. The van der Waals surface area contributed by atoms with E-state index in [0.717, 1.165) is 17.1 Å². The Balaban J connectivity index is 1.66. The fourth-order valence-corrected chi connectivity index (χ4v) is 1.89. The van der Waals surface area contributed by atoms with Gasteiger partial charge in [-0.2, -0.15) is 5.10 Å². The van der Waals surface area contributed by atoms with Crippen molar-refractivity contribution in [2.24, 2.45) is 0 Å². The lowest BCUT2D eigenvalue weighted by Crippen LogP contribution is -2.02. The number of anilines is 1. The first-order valence-corrected chi connectivity index (χ1v) is 6.40. The van der Waals surface area contributed by atoms with Gasteiger partial charge >= 0.3 is 0 Å². The van der Waals surface area contributed by atoms with Crippen LogP contribution in [0.15, 0.2) is 55.0 Å². The average Bonchev–Trinajstić information content (AvgIpc) is 3.03. The third-order valence-electron chi connectivity index (χ3n) is 3.00. The lowest BCUT2D eigenvalue weighted by atomic mass is 10.2. The predicted molar refractivity (Wildman–Crippen MR) is 76.8 cm³/mol. The van der Waals surface area contributed by atoms with Crippen LogP contribution in [0.1, 0.15) is 5.56 Å². The number of phenolic OH excluding ortho intramolecular Hbond substituents is 1. The summed E-state index contributed by atoms with van der Waals surface area (Å²) in [5.41, 5.74) is 1.56. The maximum absolute atomic E-state index is 13.2. The third-order valence-corrected chi connectivity index (χ3v) is 3.00. The third kappa shape index (κ3) is 3.00. The van der Waals surface area contributed by atoms with Crippen LogP contribution < -0.4 is 5.32 Å². The molecule has 0 aliphatic carbocycles. The van der Waals surface area contributed by atoms with E-state index in [-0.39, 0.29) is 5.75 Å². The second kappa shape index (κ2) is 5.62. The number of nitrogens with one attached hydrogen (secondary N) is 1. The molecule has 3 rings (SSSR count). The minimum atomic E-state index is -0.624. The summed E-state index contributed by atoms with van der Waals surface area (Å²) in [7, 11) is 0. The highest BCUT2D eigenvalue weighted by atomic mass is 19.1. The van der Waals surface area contributed by atoms with E-state index in [4.69, 9.17) is 5.11 Å². The van der Waals surface area contributed by atoms with Gasteiger partial charge in [0, 0.05) is 18.9 Å². The lowest BCUT2D eigenvalue weighted by Gasteiger charge is -2.07. The molecule has 6 heteroatoms. The Bertz CT molecular complexity index is 726. The van der Waals surface area contributed by atoms with Crippen molar-refractivity contribution < 1.29 is 9.50 Å². The van der Waals surface area contributed by atoms with Gasteiger partial charge in [-0.05, 0) is 35.9 Å². The SMILES string of the molecule is Oc1ccc(CNc2ccc(-n3cccn3)nc2)cc1F. The van der Waals surface area contributed by atoms with E-state index in [1.165, 1.54) is 12.1 Å². The number of hydrogen-bond acceptors (Lipinski definition) is 4. The number of benzene rings is 1. The molecule has 1 aromatic carbocycles. The summed E-state index contributed by atoms with van der Waals surface area (Å²) in [6.45, 7) is 0.444. The van der Waals surface area contributed by atoms with E-state index in [2.05, 4.69) is 15.4 Å². The fourth-order valence-electron chi connectivity index (χ4n) is 1.89. The molecule has 2 heterocycles. The maximum atomic E-state index is 13.2. The zero-order valence-electron chi connectivity index (χ0n) is 11.1. The molecule has 0 radical (unpaired) electrons. The van der Waals surface area contributed by atoms with Gasteiger partial charge in [-0.25, -0.2) is 14.1 Å². The van der Waals surface area contributed by atoms with E-state index in [1.807, 2.05) is 24.4 Å². The Morgan fingerprint density at radius 2 is 2.14 bits per heavy atom. The van der Waals surface area contributed by atoms with Gasteiger partial charge in [-0.3, -0.25) is 0 Å². The molecular weight excluding hydrogens is 271 g/mol. The van der Waals surface area contributed by atoms with Crippen LogP contribution in [0.4, 0.5) is 10.1 Å². The van der Waals surface area contributed by atoms with Crippen LogP contribution in [0.5, 0.6) is 5.75 Å². The van der Waals surface area contributed by atoms with Crippen LogP contribution in [0.3, 0.4) is 0 Å². The first-order valence-electron chi connectivity index (χ1n) is 6.40. The Kier molecular flexibility index (Phi) is 3.51. The molecule has 5 nitrogen and oxygen atoms in total. The molecule has 0 saturated heterocycles. The highest BCUT2D eigenvalue weighted by Crippen LogP contribution is 2.17. The van der Waals surface area contributed by atoms with Crippen molar-refractivity contribution in [3.63, 3.8) is 0 Å². The maximum Gasteiger partial charge on any atom is 0.165 e. The lowest BCUT2D eigenvalue weighted by molar-refractivity contribution is 0.432. The quantitative estimate of drug-likeness (QED) is 0.773. The summed E-state index contributed by atoms with van der Waals surface area (Å²) in [6, 6.07) is 9.84. The van der Waals surface area contributed by atoms with E-state index in [9.17, 15) is 4.39 Å². The van der Waals surface area contributed by atoms with Crippen molar-refractivity contribution in [1.82, 2.24) is 14.8 Å². The number of aromatic nitrogens is 3. The van der Waals surface area contributed by atoms with Crippen LogP contribution >= 0.6 is 0 Å². The molecule has 0 bridgehead atoms. The molecule has 0 aliphatic heterocycles. The number of pyridine rings is 1. The highest BCUT2D eigenvalue weighted by Gasteiger charge is 2.02. The minimum absolute atomic E-state index is 0.344. The summed E-state index contributed by atoms with van der Waals surface area (Å²) < 4.78 is 14.9. The van der Waals surface area contributed by atoms with Gasteiger partial charge in [0.05, 0.1) is 11.9 Å². The fraction of sp³-hybridized carbons (Fsp3) is 0.0667. The zero-order valence-corrected chi connectivity index (χ0v) is 11.1. The largest absolute Gasteiger partial charge is 0.505 e. The van der Waals surface area contributed by atoms with Crippen LogP contribution in [-0.4, -0.2) is 19.9 Å². The molecule has 2 N–H and O–H groups in total. The van der Waals surface area contributed by atoms with Gasteiger partial charge in [0.15, 0.2) is 17.4 Å². The second-order valence-corrected chi connectivity index (χ2v) is 4.50. The number of phenols is 1. The summed E-state index contributed by atoms with van der Waals surface area (Å²) in [4.78, 5) is 4.29. The number of nitrogens with zero attached hydrogens (tertiary/aromatic N) is 3. The summed E-state index contributed by atoms with van der Waals surface area (Å²) in [5.74, 6) is -0.244. The Morgan fingerprint density at radius 1 is 1.24 bits per heavy atom. The van der Waals surface area contributed by atoms with Crippen molar-refractivity contribution in [3.05, 3.63) is 66.4 Å². The first-order chi connectivity index (χ1) is 10.2. The molecule has 0 atom stereocenters. The van der Waals surface area contributed by atoms with E-state index >= 15 is 0 Å². The van der Waals surface area contributed by atoms with Gasteiger partial charge in [-0.1, -0.05) is 6.07 Å². The monoisotopic (exact) mass is 284 g/mol. The van der Waals surface area contributed by atoms with Gasteiger partial charge < -0.3 is 10.4 Å². The normalized spacial score (nSPS) is 10.5. The molecule has 0 amide bonds. The molecule has 0 unspecified atom stereocenters. The summed E-state index contributed by atoms with van der Waals surface area (Å²) in [5, 5.41) is 16.4. The second-order valence-electron chi connectivity index (χ2n) is 4.50. The van der Waals surface area contributed by atoms with Crippen LogP contribution in [0.2, 0.25) is 0 Å². The van der Waals surface area contributed by atoms with Crippen molar-refractivity contribution in [1.29, 1.82) is 0 Å². The molecule has 0 spiro atoms. The summed E-state index contributed by atoms with van der Waals surface area (Å²) in [6.07, 6.45) is 5.19. The number of hydrogen-bond donors (Lipinski definition) is 2. The van der Waals surface area contributed by atoms with E-state index in [0.29, 0.717) is 6.54 Å². The molecule has 2 aromatic heterocycles. The van der Waals surface area contributed by atoms with E-state index < -0.39 is 5.82 Å². The van der Waals surface area contributed by atoms with Crippen LogP contribution in [0.25, 0.3) is 5.82 Å². The molecule has 106 valence electrons. The van der Waals surface area contributed by atoms with Gasteiger partial charge in [-0.15, -0.1) is 0 Å². The Labute approximate surface area is 120 Å². The molecule has 3 aromatic rings.